The van der Waals surface area contributed by atoms with Crippen molar-refractivity contribution in [2.75, 3.05) is 39.5 Å². The van der Waals surface area contributed by atoms with Gasteiger partial charge in [0.1, 0.15) is 0 Å². The van der Waals surface area contributed by atoms with Crippen LogP contribution >= 0.6 is 11.6 Å². The fourth-order valence-electron chi connectivity index (χ4n) is 3.52. The van der Waals surface area contributed by atoms with Crippen molar-refractivity contribution in [3.8, 4) is 11.5 Å². The summed E-state index contributed by atoms with van der Waals surface area (Å²) in [5, 5.41) is 3.73. The Balaban J connectivity index is 1.20. The van der Waals surface area contributed by atoms with E-state index in [0.717, 1.165) is 61.2 Å². The summed E-state index contributed by atoms with van der Waals surface area (Å²) in [6, 6.07) is 13.8. The number of hydrogen-bond acceptors (Lipinski definition) is 4. The number of halogens is 1. The third-order valence-electron chi connectivity index (χ3n) is 5.08. The molecule has 6 nitrogen and oxygen atoms in total. The summed E-state index contributed by atoms with van der Waals surface area (Å²) >= 11 is 5.99. The van der Waals surface area contributed by atoms with Gasteiger partial charge in [-0.1, -0.05) is 29.8 Å². The van der Waals surface area contributed by atoms with Crippen molar-refractivity contribution in [3.05, 3.63) is 58.6 Å². The van der Waals surface area contributed by atoms with E-state index < -0.39 is 0 Å². The van der Waals surface area contributed by atoms with E-state index in [2.05, 4.69) is 16.3 Å². The lowest BCUT2D eigenvalue weighted by atomic mass is 10.1. The Labute approximate surface area is 170 Å². The van der Waals surface area contributed by atoms with Gasteiger partial charge in [-0.2, -0.15) is 0 Å². The Morgan fingerprint density at radius 1 is 1.00 bits per heavy atom. The summed E-state index contributed by atoms with van der Waals surface area (Å²) < 4.78 is 10.8. The number of carbonyl (C=O) groups is 1. The molecule has 2 aromatic carbocycles. The van der Waals surface area contributed by atoms with Crippen molar-refractivity contribution in [2.45, 2.75) is 13.0 Å². The molecular formula is C21H24ClN3O3. The van der Waals surface area contributed by atoms with Crippen LogP contribution < -0.4 is 14.8 Å². The number of carbonyl (C=O) groups excluding carboxylic acids is 1. The van der Waals surface area contributed by atoms with Gasteiger partial charge in [0.2, 0.25) is 6.79 Å². The third-order valence-corrected chi connectivity index (χ3v) is 5.32. The summed E-state index contributed by atoms with van der Waals surface area (Å²) in [5.41, 5.74) is 2.32. The standard InChI is InChI=1S/C21H24ClN3O3/c22-18-3-1-2-16(12-18)6-7-23-21(26)25-10-8-24(9-11-25)14-17-4-5-19-20(13-17)28-15-27-19/h1-5,12-13H,6-11,14-15H2,(H,23,26). The Hall–Kier alpha value is -2.44. The van der Waals surface area contributed by atoms with Crippen LogP contribution in [0.2, 0.25) is 5.02 Å². The van der Waals surface area contributed by atoms with Gasteiger partial charge in [0.15, 0.2) is 11.5 Å². The van der Waals surface area contributed by atoms with Gasteiger partial charge >= 0.3 is 6.03 Å². The molecule has 1 fully saturated rings. The molecule has 0 saturated carbocycles. The molecule has 2 aromatic rings. The van der Waals surface area contributed by atoms with E-state index >= 15 is 0 Å². The van der Waals surface area contributed by atoms with Crippen LogP contribution in [0.5, 0.6) is 11.5 Å². The molecule has 4 rings (SSSR count). The summed E-state index contributed by atoms with van der Waals surface area (Å²) in [6.07, 6.45) is 0.774. The second kappa shape index (κ2) is 8.71. The summed E-state index contributed by atoms with van der Waals surface area (Å²) in [6.45, 7) is 4.93. The average molecular weight is 402 g/mol. The molecule has 28 heavy (non-hydrogen) atoms. The van der Waals surface area contributed by atoms with E-state index in [9.17, 15) is 4.79 Å². The summed E-state index contributed by atoms with van der Waals surface area (Å²) in [5.74, 6) is 1.62. The van der Waals surface area contributed by atoms with Gasteiger partial charge in [-0.3, -0.25) is 4.90 Å². The lowest BCUT2D eigenvalue weighted by Crippen LogP contribution is -2.51. The van der Waals surface area contributed by atoms with Gasteiger partial charge < -0.3 is 19.7 Å². The molecule has 0 unspecified atom stereocenters. The smallest absolute Gasteiger partial charge is 0.317 e. The van der Waals surface area contributed by atoms with Crippen molar-refractivity contribution >= 4 is 17.6 Å². The Kier molecular flexibility index (Phi) is 5.88. The molecular weight excluding hydrogens is 378 g/mol. The zero-order valence-corrected chi connectivity index (χ0v) is 16.5. The maximum Gasteiger partial charge on any atom is 0.317 e. The molecule has 2 amide bonds. The first-order chi connectivity index (χ1) is 13.7. The van der Waals surface area contributed by atoms with Crippen LogP contribution in [0.15, 0.2) is 42.5 Å². The average Bonchev–Trinajstić information content (AvgIpc) is 3.16. The normalized spacial score (nSPS) is 16.2. The highest BCUT2D eigenvalue weighted by Gasteiger charge is 2.21. The highest BCUT2D eigenvalue weighted by molar-refractivity contribution is 6.30. The quantitative estimate of drug-likeness (QED) is 0.836. The Morgan fingerprint density at radius 2 is 1.82 bits per heavy atom. The molecule has 1 N–H and O–H groups in total. The maximum absolute atomic E-state index is 12.4. The molecule has 1 saturated heterocycles. The number of piperazine rings is 1. The van der Waals surface area contributed by atoms with Crippen LogP contribution in [0.25, 0.3) is 0 Å². The minimum Gasteiger partial charge on any atom is -0.454 e. The number of amides is 2. The van der Waals surface area contributed by atoms with Gasteiger partial charge in [-0.15, -0.1) is 0 Å². The first-order valence-corrected chi connectivity index (χ1v) is 9.93. The van der Waals surface area contributed by atoms with E-state index in [4.69, 9.17) is 21.1 Å². The van der Waals surface area contributed by atoms with Gasteiger partial charge in [-0.25, -0.2) is 4.79 Å². The third kappa shape index (κ3) is 4.69. The topological polar surface area (TPSA) is 54.0 Å². The molecule has 0 atom stereocenters. The number of ether oxygens (including phenoxy) is 2. The zero-order chi connectivity index (χ0) is 19.3. The molecule has 0 aromatic heterocycles. The van der Waals surface area contributed by atoms with Gasteiger partial charge in [0.05, 0.1) is 0 Å². The molecule has 2 aliphatic heterocycles. The van der Waals surface area contributed by atoms with Crippen LogP contribution in [-0.2, 0) is 13.0 Å². The lowest BCUT2D eigenvalue weighted by molar-refractivity contribution is 0.135. The number of urea groups is 1. The van der Waals surface area contributed by atoms with E-state index in [1.54, 1.807) is 0 Å². The van der Waals surface area contributed by atoms with Crippen LogP contribution in [0.4, 0.5) is 4.79 Å². The minimum absolute atomic E-state index is 0.00441. The minimum atomic E-state index is 0.00441. The number of nitrogens with one attached hydrogen (secondary N) is 1. The molecule has 148 valence electrons. The van der Waals surface area contributed by atoms with E-state index in [1.165, 1.54) is 5.56 Å². The molecule has 0 radical (unpaired) electrons. The number of benzene rings is 2. The van der Waals surface area contributed by atoms with Crippen molar-refractivity contribution in [3.63, 3.8) is 0 Å². The second-order valence-electron chi connectivity index (χ2n) is 7.06. The predicted octanol–water partition coefficient (Wildman–Crippen LogP) is 3.14. The molecule has 0 aliphatic carbocycles. The Bertz CT molecular complexity index is 837. The van der Waals surface area contributed by atoms with Crippen molar-refractivity contribution in [1.82, 2.24) is 15.1 Å². The number of nitrogens with zero attached hydrogens (tertiary/aromatic N) is 2. The SMILES string of the molecule is O=C(NCCc1cccc(Cl)c1)N1CCN(Cc2ccc3c(c2)OCO3)CC1. The van der Waals surface area contributed by atoms with Crippen LogP contribution in [-0.4, -0.2) is 55.3 Å². The largest absolute Gasteiger partial charge is 0.454 e. The van der Waals surface area contributed by atoms with E-state index in [0.29, 0.717) is 13.3 Å². The Morgan fingerprint density at radius 3 is 2.64 bits per heavy atom. The molecule has 0 spiro atoms. The van der Waals surface area contributed by atoms with E-state index in [-0.39, 0.29) is 6.03 Å². The number of fused-ring (bicyclic) bond motifs is 1. The summed E-state index contributed by atoms with van der Waals surface area (Å²) in [7, 11) is 0. The highest BCUT2D eigenvalue weighted by Crippen LogP contribution is 2.32. The number of rotatable bonds is 5. The van der Waals surface area contributed by atoms with Crippen molar-refractivity contribution < 1.29 is 14.3 Å². The van der Waals surface area contributed by atoms with Crippen LogP contribution in [0, 0.1) is 0 Å². The fraction of sp³-hybridized carbons (Fsp3) is 0.381. The van der Waals surface area contributed by atoms with Gasteiger partial charge in [0.25, 0.3) is 0 Å². The lowest BCUT2D eigenvalue weighted by Gasteiger charge is -2.34. The molecule has 2 aliphatic rings. The summed E-state index contributed by atoms with van der Waals surface area (Å²) in [4.78, 5) is 16.6. The predicted molar refractivity (Wildman–Crippen MR) is 108 cm³/mol. The van der Waals surface area contributed by atoms with Crippen molar-refractivity contribution in [2.24, 2.45) is 0 Å². The number of hydrogen-bond donors (Lipinski definition) is 1. The van der Waals surface area contributed by atoms with Crippen LogP contribution in [0.3, 0.4) is 0 Å². The van der Waals surface area contributed by atoms with Gasteiger partial charge in [0, 0.05) is 44.3 Å². The molecule has 2 heterocycles. The van der Waals surface area contributed by atoms with Gasteiger partial charge in [-0.05, 0) is 41.8 Å². The first kappa shape index (κ1) is 18.9. The highest BCUT2D eigenvalue weighted by atomic mass is 35.5. The fourth-order valence-corrected chi connectivity index (χ4v) is 3.74. The first-order valence-electron chi connectivity index (χ1n) is 9.55. The molecule has 0 bridgehead atoms. The van der Waals surface area contributed by atoms with Crippen LogP contribution in [0.1, 0.15) is 11.1 Å². The van der Waals surface area contributed by atoms with E-state index in [1.807, 2.05) is 41.3 Å². The monoisotopic (exact) mass is 401 g/mol. The second-order valence-corrected chi connectivity index (χ2v) is 7.50. The zero-order valence-electron chi connectivity index (χ0n) is 15.7. The molecule has 7 heteroatoms. The maximum atomic E-state index is 12.4. The van der Waals surface area contributed by atoms with Crippen molar-refractivity contribution in [1.29, 1.82) is 0 Å².